The minimum Gasteiger partial charge on any atom is -0.369 e. The van der Waals surface area contributed by atoms with E-state index in [-0.39, 0.29) is 23.6 Å². The maximum absolute atomic E-state index is 13.3. The van der Waals surface area contributed by atoms with Gasteiger partial charge in [0.2, 0.25) is 5.91 Å². The van der Waals surface area contributed by atoms with Gasteiger partial charge in [0.1, 0.15) is 5.82 Å². The average Bonchev–Trinajstić information content (AvgIpc) is 2.83. The van der Waals surface area contributed by atoms with Crippen molar-refractivity contribution in [3.05, 3.63) is 34.6 Å². The highest BCUT2D eigenvalue weighted by molar-refractivity contribution is 6.31. The first-order valence-corrected chi connectivity index (χ1v) is 4.72. The van der Waals surface area contributed by atoms with Crippen LogP contribution >= 0.6 is 11.6 Å². The Hall–Kier alpha value is -1.09. The van der Waals surface area contributed by atoms with E-state index in [0.29, 0.717) is 17.0 Å². The molecule has 1 saturated carbocycles. The Balaban J connectivity index is 2.31. The van der Waals surface area contributed by atoms with Crippen molar-refractivity contribution >= 4 is 17.5 Å². The minimum absolute atomic E-state index is 0.124. The topological polar surface area (TPSA) is 43.1 Å². The lowest BCUT2D eigenvalue weighted by Crippen LogP contribution is -2.13. The van der Waals surface area contributed by atoms with Crippen molar-refractivity contribution in [2.75, 3.05) is 0 Å². The molecule has 2 atom stereocenters. The molecule has 2 N–H and O–H groups in total. The van der Waals surface area contributed by atoms with E-state index in [1.165, 1.54) is 6.07 Å². The number of carbonyl (C=O) groups excluding carboxylic acids is 1. The third-order valence-electron chi connectivity index (χ3n) is 2.53. The summed E-state index contributed by atoms with van der Waals surface area (Å²) in [5.41, 5.74) is 5.55. The van der Waals surface area contributed by atoms with Gasteiger partial charge in [0, 0.05) is 22.4 Å². The standard InChI is InChI=1S/C10H9ClFNO/c11-7-2-1-3-8(12)9(7)5-4-6(5)10(13)14/h1-3,5-6H,4H2,(H2,13,14)/t5-,6+/m1/s1. The predicted molar refractivity (Wildman–Crippen MR) is 51.5 cm³/mol. The highest BCUT2D eigenvalue weighted by Gasteiger charge is 2.45. The summed E-state index contributed by atoms with van der Waals surface area (Å²) in [7, 11) is 0. The molecule has 1 amide bonds. The van der Waals surface area contributed by atoms with E-state index in [0.717, 1.165) is 0 Å². The highest BCUT2D eigenvalue weighted by Crippen LogP contribution is 2.50. The van der Waals surface area contributed by atoms with Gasteiger partial charge in [-0.3, -0.25) is 4.79 Å². The monoisotopic (exact) mass is 213 g/mol. The van der Waals surface area contributed by atoms with Gasteiger partial charge in [-0.2, -0.15) is 0 Å². The fraction of sp³-hybridized carbons (Fsp3) is 0.300. The van der Waals surface area contributed by atoms with Crippen molar-refractivity contribution in [2.45, 2.75) is 12.3 Å². The molecule has 0 aliphatic heterocycles. The second-order valence-electron chi connectivity index (χ2n) is 3.49. The van der Waals surface area contributed by atoms with Crippen LogP contribution in [0.5, 0.6) is 0 Å². The van der Waals surface area contributed by atoms with Crippen LogP contribution < -0.4 is 5.73 Å². The molecule has 0 bridgehead atoms. The molecular formula is C10H9ClFNO. The number of hydrogen-bond acceptors (Lipinski definition) is 1. The summed E-state index contributed by atoms with van der Waals surface area (Å²) in [6.07, 6.45) is 0.607. The molecule has 4 heteroatoms. The van der Waals surface area contributed by atoms with Crippen molar-refractivity contribution in [1.29, 1.82) is 0 Å². The highest BCUT2D eigenvalue weighted by atomic mass is 35.5. The molecule has 0 spiro atoms. The summed E-state index contributed by atoms with van der Waals surface area (Å²) in [5, 5.41) is 0.374. The minimum atomic E-state index is -0.380. The van der Waals surface area contributed by atoms with E-state index in [9.17, 15) is 9.18 Å². The number of primary amides is 1. The summed E-state index contributed by atoms with van der Waals surface area (Å²) >= 11 is 5.84. The first kappa shape index (κ1) is 9.46. The first-order chi connectivity index (χ1) is 6.61. The Morgan fingerprint density at radius 2 is 2.29 bits per heavy atom. The van der Waals surface area contributed by atoms with Crippen LogP contribution in [0.1, 0.15) is 17.9 Å². The quantitative estimate of drug-likeness (QED) is 0.803. The van der Waals surface area contributed by atoms with Crippen LogP contribution in [0, 0.1) is 11.7 Å². The fourth-order valence-electron chi connectivity index (χ4n) is 1.69. The number of amides is 1. The number of halogens is 2. The zero-order valence-electron chi connectivity index (χ0n) is 7.34. The number of carbonyl (C=O) groups is 1. The van der Waals surface area contributed by atoms with Crippen LogP contribution in [0.25, 0.3) is 0 Å². The number of benzene rings is 1. The van der Waals surface area contributed by atoms with Gasteiger partial charge in [0.15, 0.2) is 0 Å². The van der Waals surface area contributed by atoms with Gasteiger partial charge in [-0.05, 0) is 18.6 Å². The van der Waals surface area contributed by atoms with E-state index in [1.54, 1.807) is 12.1 Å². The van der Waals surface area contributed by atoms with E-state index in [1.807, 2.05) is 0 Å². The molecule has 1 aromatic carbocycles. The van der Waals surface area contributed by atoms with Crippen LogP contribution in [-0.4, -0.2) is 5.91 Å². The lowest BCUT2D eigenvalue weighted by Gasteiger charge is -2.03. The predicted octanol–water partition coefficient (Wildman–Crippen LogP) is 2.07. The molecule has 2 nitrogen and oxygen atoms in total. The molecule has 0 aromatic heterocycles. The number of hydrogen-bond donors (Lipinski definition) is 1. The van der Waals surface area contributed by atoms with E-state index >= 15 is 0 Å². The second kappa shape index (κ2) is 3.24. The Kier molecular flexibility index (Phi) is 2.19. The number of rotatable bonds is 2. The lowest BCUT2D eigenvalue weighted by atomic mass is 10.1. The Morgan fingerprint density at radius 3 is 2.79 bits per heavy atom. The molecule has 1 aliphatic carbocycles. The van der Waals surface area contributed by atoms with Crippen molar-refractivity contribution in [2.24, 2.45) is 11.7 Å². The first-order valence-electron chi connectivity index (χ1n) is 4.34. The molecule has 0 heterocycles. The van der Waals surface area contributed by atoms with Crippen molar-refractivity contribution in [3.8, 4) is 0 Å². The summed E-state index contributed by atoms with van der Waals surface area (Å²) in [6.45, 7) is 0. The van der Waals surface area contributed by atoms with Gasteiger partial charge in [-0.1, -0.05) is 17.7 Å². The largest absolute Gasteiger partial charge is 0.369 e. The summed E-state index contributed by atoms with van der Waals surface area (Å²) < 4.78 is 13.3. The zero-order chi connectivity index (χ0) is 10.3. The van der Waals surface area contributed by atoms with Crippen LogP contribution in [-0.2, 0) is 4.79 Å². The van der Waals surface area contributed by atoms with E-state index in [2.05, 4.69) is 0 Å². The van der Waals surface area contributed by atoms with E-state index < -0.39 is 0 Å². The lowest BCUT2D eigenvalue weighted by molar-refractivity contribution is -0.119. The zero-order valence-corrected chi connectivity index (χ0v) is 8.09. The number of nitrogens with two attached hydrogens (primary N) is 1. The normalized spacial score (nSPS) is 24.7. The maximum atomic E-state index is 13.3. The maximum Gasteiger partial charge on any atom is 0.221 e. The van der Waals surface area contributed by atoms with Crippen molar-refractivity contribution in [3.63, 3.8) is 0 Å². The third-order valence-corrected chi connectivity index (χ3v) is 2.86. The van der Waals surface area contributed by atoms with Gasteiger partial charge in [-0.15, -0.1) is 0 Å². The Labute approximate surface area is 85.9 Å². The van der Waals surface area contributed by atoms with Gasteiger partial charge < -0.3 is 5.73 Å². The third kappa shape index (κ3) is 1.48. The fourth-order valence-corrected chi connectivity index (χ4v) is 2.00. The Bertz CT molecular complexity index is 373. The molecule has 0 unspecified atom stereocenters. The van der Waals surface area contributed by atoms with Crippen LogP contribution in [0.3, 0.4) is 0 Å². The van der Waals surface area contributed by atoms with Gasteiger partial charge in [0.25, 0.3) is 0 Å². The van der Waals surface area contributed by atoms with Crippen LogP contribution in [0.2, 0.25) is 5.02 Å². The van der Waals surface area contributed by atoms with Gasteiger partial charge in [-0.25, -0.2) is 4.39 Å². The smallest absolute Gasteiger partial charge is 0.221 e. The van der Waals surface area contributed by atoms with Crippen LogP contribution in [0.4, 0.5) is 4.39 Å². The van der Waals surface area contributed by atoms with Gasteiger partial charge in [0.05, 0.1) is 0 Å². The van der Waals surface area contributed by atoms with E-state index in [4.69, 9.17) is 17.3 Å². The molecule has 74 valence electrons. The molecule has 1 fully saturated rings. The van der Waals surface area contributed by atoms with Gasteiger partial charge >= 0.3 is 0 Å². The SMILES string of the molecule is NC(=O)[C@H]1C[C@H]1c1c(F)cccc1Cl. The molecule has 1 aromatic rings. The molecule has 14 heavy (non-hydrogen) atoms. The average molecular weight is 214 g/mol. The molecular weight excluding hydrogens is 205 g/mol. The molecule has 2 rings (SSSR count). The molecule has 0 radical (unpaired) electrons. The summed E-state index contributed by atoms with van der Waals surface area (Å²) in [4.78, 5) is 10.8. The second-order valence-corrected chi connectivity index (χ2v) is 3.89. The Morgan fingerprint density at radius 1 is 1.57 bits per heavy atom. The summed E-state index contributed by atoms with van der Waals surface area (Å²) in [6, 6.07) is 4.51. The van der Waals surface area contributed by atoms with Crippen molar-refractivity contribution in [1.82, 2.24) is 0 Å². The van der Waals surface area contributed by atoms with Crippen LogP contribution in [0.15, 0.2) is 18.2 Å². The van der Waals surface area contributed by atoms with Crippen molar-refractivity contribution < 1.29 is 9.18 Å². The summed E-state index contributed by atoms with van der Waals surface area (Å²) in [5.74, 6) is -1.11. The molecule has 1 aliphatic rings. The molecule has 0 saturated heterocycles.